The molecule has 0 amide bonds. The van der Waals surface area contributed by atoms with E-state index < -0.39 is 0 Å². The molecule has 0 saturated carbocycles. The van der Waals surface area contributed by atoms with E-state index in [0.29, 0.717) is 0 Å². The topological polar surface area (TPSA) is 12.9 Å². The number of aryl methyl sites for hydroxylation is 1. The van der Waals surface area contributed by atoms with Crippen LogP contribution in [0.1, 0.15) is 16.8 Å². The summed E-state index contributed by atoms with van der Waals surface area (Å²) in [6.45, 7) is 1.98. The molecule has 0 spiro atoms. The number of halogens is 1. The Bertz CT molecular complexity index is 359. The van der Waals surface area contributed by atoms with Crippen molar-refractivity contribution in [1.29, 1.82) is 0 Å². The Morgan fingerprint density at radius 2 is 1.93 bits per heavy atom. The van der Waals surface area contributed by atoms with Crippen LogP contribution in [-0.2, 0) is 6.42 Å². The quantitative estimate of drug-likeness (QED) is 0.608. The van der Waals surface area contributed by atoms with Gasteiger partial charge in [0, 0.05) is 11.1 Å². The predicted octanol–water partition coefficient (Wildman–Crippen LogP) is 3.62. The smallest absolute Gasteiger partial charge is 0.0794 e. The molecule has 2 aliphatic rings. The van der Waals surface area contributed by atoms with Crippen molar-refractivity contribution in [2.24, 2.45) is 0 Å². The Balaban J connectivity index is 0.000000132. The van der Waals surface area contributed by atoms with Gasteiger partial charge in [0.15, 0.2) is 0 Å². The molecule has 14 heavy (non-hydrogen) atoms. The lowest BCUT2D eigenvalue weighted by Crippen LogP contribution is -1.97. The van der Waals surface area contributed by atoms with Crippen molar-refractivity contribution in [3.8, 4) is 0 Å². The number of benzene rings is 1. The molecule has 1 nitrogen and oxygen atoms in total. The fraction of sp³-hybridized carbons (Fsp3) is 0.182. The molecule has 2 aliphatic carbocycles. The summed E-state index contributed by atoms with van der Waals surface area (Å²) in [4.78, 5) is 3.94. The van der Waals surface area contributed by atoms with Gasteiger partial charge in [-0.15, -0.1) is 28.3 Å². The first kappa shape index (κ1) is 11.4. The van der Waals surface area contributed by atoms with Gasteiger partial charge in [-0.3, -0.25) is 4.98 Å². The van der Waals surface area contributed by atoms with Crippen molar-refractivity contribution in [2.75, 3.05) is 0 Å². The van der Waals surface area contributed by atoms with E-state index >= 15 is 0 Å². The number of hydrogen-bond acceptors (Lipinski definition) is 2. The molecule has 0 radical (unpaired) electrons. The third kappa shape index (κ3) is 2.93. The summed E-state index contributed by atoms with van der Waals surface area (Å²) in [5, 5.41) is 2.01. The van der Waals surface area contributed by atoms with Gasteiger partial charge >= 0.3 is 0 Å². The molecule has 0 atom stereocenters. The van der Waals surface area contributed by atoms with Gasteiger partial charge in [0.25, 0.3) is 0 Å². The Morgan fingerprint density at radius 3 is 2.07 bits per heavy atom. The number of rotatable bonds is 0. The van der Waals surface area contributed by atoms with E-state index in [2.05, 4.69) is 29.2 Å². The van der Waals surface area contributed by atoms with E-state index in [-0.39, 0.29) is 17.0 Å². The predicted molar refractivity (Wildman–Crippen MR) is 66.4 cm³/mol. The van der Waals surface area contributed by atoms with Crippen molar-refractivity contribution in [3.05, 3.63) is 52.0 Å². The highest BCUT2D eigenvalue weighted by Crippen LogP contribution is 2.18. The number of aromatic nitrogens is 1. The molecule has 2 bridgehead atoms. The minimum absolute atomic E-state index is 0. The van der Waals surface area contributed by atoms with Crippen LogP contribution in [0.2, 0.25) is 0 Å². The largest absolute Gasteiger partial charge is 0.250 e. The molecular weight excluding hydrogens is 258 g/mol. The van der Waals surface area contributed by atoms with E-state index in [1.807, 2.05) is 17.8 Å². The number of fused-ring (bicyclic) bond motifs is 2. The molecule has 74 valence electrons. The highest BCUT2D eigenvalue weighted by atomic mass is 79.9. The first-order chi connectivity index (χ1) is 6.34. The summed E-state index contributed by atoms with van der Waals surface area (Å²) in [6.07, 6.45) is 1.22. The van der Waals surface area contributed by atoms with Crippen LogP contribution < -0.4 is 0 Å². The van der Waals surface area contributed by atoms with Crippen LogP contribution in [0.4, 0.5) is 0 Å². The van der Waals surface area contributed by atoms with Crippen molar-refractivity contribution in [1.82, 2.24) is 4.98 Å². The minimum atomic E-state index is 0. The summed E-state index contributed by atoms with van der Waals surface area (Å²) in [6, 6.07) is 8.65. The second kappa shape index (κ2) is 5.27. The Labute approximate surface area is 98.6 Å². The average molecular weight is 270 g/mol. The maximum absolute atomic E-state index is 3.94. The van der Waals surface area contributed by atoms with Gasteiger partial charge in [-0.2, -0.15) is 0 Å². The summed E-state index contributed by atoms with van der Waals surface area (Å²) in [5.74, 6) is 0. The first-order valence-electron chi connectivity index (χ1n) is 4.27. The van der Waals surface area contributed by atoms with E-state index in [9.17, 15) is 0 Å². The van der Waals surface area contributed by atoms with Gasteiger partial charge in [-0.25, -0.2) is 0 Å². The maximum Gasteiger partial charge on any atom is 0.0794 e. The van der Waals surface area contributed by atoms with Crippen LogP contribution in [-0.4, -0.2) is 4.98 Å². The summed E-state index contributed by atoms with van der Waals surface area (Å²) < 4.78 is 0. The van der Waals surface area contributed by atoms with Crippen molar-refractivity contribution in [3.63, 3.8) is 0 Å². The Hall–Kier alpha value is -0.670. The average Bonchev–Trinajstić information content (AvgIpc) is 2.57. The molecule has 1 heterocycles. The number of hydrogen-bond donors (Lipinski definition) is 0. The maximum atomic E-state index is 3.94. The third-order valence-electron chi connectivity index (χ3n) is 1.96. The molecular formula is C11H12BrNS. The minimum Gasteiger partial charge on any atom is -0.250 e. The molecule has 4 rings (SSSR count). The molecule has 0 saturated heterocycles. The highest BCUT2D eigenvalue weighted by molar-refractivity contribution is 8.93. The molecule has 1 aromatic carbocycles. The van der Waals surface area contributed by atoms with Crippen molar-refractivity contribution < 1.29 is 0 Å². The molecule has 0 unspecified atom stereocenters. The second-order valence-corrected chi connectivity index (χ2v) is 3.85. The highest BCUT2D eigenvalue weighted by Gasteiger charge is 2.04. The zero-order valence-electron chi connectivity index (χ0n) is 7.93. The lowest BCUT2D eigenvalue weighted by atomic mass is 9.94. The second-order valence-electron chi connectivity index (χ2n) is 3.13. The van der Waals surface area contributed by atoms with E-state index in [1.54, 1.807) is 11.3 Å². The van der Waals surface area contributed by atoms with Gasteiger partial charge in [0.1, 0.15) is 0 Å². The van der Waals surface area contributed by atoms with Gasteiger partial charge in [0.05, 0.1) is 5.51 Å². The normalized spacial score (nSPS) is 10.4. The van der Waals surface area contributed by atoms with Crippen LogP contribution >= 0.6 is 28.3 Å². The zero-order chi connectivity index (χ0) is 9.10. The van der Waals surface area contributed by atoms with E-state index in [4.69, 9.17) is 0 Å². The molecule has 0 fully saturated rings. The molecule has 2 aromatic rings. The van der Waals surface area contributed by atoms with Crippen LogP contribution in [0, 0.1) is 6.92 Å². The molecule has 0 aliphatic heterocycles. The van der Waals surface area contributed by atoms with Crippen LogP contribution in [0.3, 0.4) is 0 Å². The summed E-state index contributed by atoms with van der Waals surface area (Å²) in [5.41, 5.74) is 5.91. The van der Waals surface area contributed by atoms with Gasteiger partial charge in [-0.1, -0.05) is 24.3 Å². The SMILES string of the molecule is Br.Cc1cscn1.c1cc2cc(c1)C2. The van der Waals surface area contributed by atoms with Crippen LogP contribution in [0.5, 0.6) is 0 Å². The fourth-order valence-corrected chi connectivity index (χ4v) is 1.77. The standard InChI is InChI=1S/C7H6.C4H5NS.BrH/c1-2-6-4-7(3-1)5-6;1-4-2-6-3-5-4;/h1-4H,5H2;2-3H,1H3;1H. The third-order valence-corrected chi connectivity index (χ3v) is 2.66. The summed E-state index contributed by atoms with van der Waals surface area (Å²) in [7, 11) is 0. The number of nitrogens with zero attached hydrogens (tertiary/aromatic N) is 1. The van der Waals surface area contributed by atoms with Gasteiger partial charge in [-0.05, 0) is 24.5 Å². The van der Waals surface area contributed by atoms with Gasteiger partial charge < -0.3 is 0 Å². The number of thiazole rings is 1. The summed E-state index contributed by atoms with van der Waals surface area (Å²) >= 11 is 1.63. The Kier molecular flexibility index (Phi) is 4.29. The lowest BCUT2D eigenvalue weighted by Gasteiger charge is -2.11. The zero-order valence-corrected chi connectivity index (χ0v) is 10.5. The van der Waals surface area contributed by atoms with Crippen molar-refractivity contribution in [2.45, 2.75) is 13.3 Å². The van der Waals surface area contributed by atoms with E-state index in [1.165, 1.54) is 17.5 Å². The monoisotopic (exact) mass is 269 g/mol. The molecule has 0 N–H and O–H groups in total. The van der Waals surface area contributed by atoms with Crippen LogP contribution in [0.15, 0.2) is 35.2 Å². The lowest BCUT2D eigenvalue weighted by molar-refractivity contribution is 1.09. The fourth-order valence-electron chi connectivity index (χ4n) is 1.23. The Morgan fingerprint density at radius 1 is 1.29 bits per heavy atom. The van der Waals surface area contributed by atoms with E-state index in [0.717, 1.165) is 5.69 Å². The first-order valence-corrected chi connectivity index (χ1v) is 5.21. The molecule has 3 heteroatoms. The molecule has 1 aromatic heterocycles. The van der Waals surface area contributed by atoms with Crippen LogP contribution in [0.25, 0.3) is 0 Å². The van der Waals surface area contributed by atoms with Crippen molar-refractivity contribution >= 4 is 28.3 Å². The van der Waals surface area contributed by atoms with Gasteiger partial charge in [0.2, 0.25) is 0 Å².